The third-order valence-corrected chi connectivity index (χ3v) is 14.2. The molecule has 0 amide bonds. The summed E-state index contributed by atoms with van der Waals surface area (Å²) >= 11 is 0. The second-order valence-electron chi connectivity index (χ2n) is 12.3. The minimum Gasteiger partial charge on any atom is -0.508 e. The summed E-state index contributed by atoms with van der Waals surface area (Å²) in [5.74, 6) is -1.86. The predicted molar refractivity (Wildman–Crippen MR) is 205 cm³/mol. The molecule has 24 heteroatoms. The molecule has 2 aliphatic carbocycles. The maximum atomic E-state index is 13.6. The van der Waals surface area contributed by atoms with E-state index in [1.807, 2.05) is 0 Å². The zero-order valence-corrected chi connectivity index (χ0v) is 31.3. The third kappa shape index (κ3) is 6.41. The van der Waals surface area contributed by atoms with Crippen molar-refractivity contribution in [3.05, 3.63) is 130 Å². The second-order valence-corrected chi connectivity index (χ2v) is 18.5. The number of benzene rings is 4. The highest BCUT2D eigenvalue weighted by Gasteiger charge is 2.61. The van der Waals surface area contributed by atoms with Gasteiger partial charge >= 0.3 is 0 Å². The topological polar surface area (TPSA) is 355 Å². The van der Waals surface area contributed by atoms with Crippen LogP contribution in [0.3, 0.4) is 0 Å². The zero-order valence-electron chi connectivity index (χ0n) is 28.0. The fourth-order valence-electron chi connectivity index (χ4n) is 6.40. The molecule has 0 heterocycles. The lowest BCUT2D eigenvalue weighted by molar-refractivity contribution is 0.198. The predicted octanol–water partition coefficient (Wildman–Crippen LogP) is 2.53. The smallest absolute Gasteiger partial charge is 0.295 e. The number of allylic oxidation sites excluding steroid dienone is 2. The summed E-state index contributed by atoms with van der Waals surface area (Å²) in [7, 11) is -24.3. The van der Waals surface area contributed by atoms with Gasteiger partial charge in [0.15, 0.2) is 5.66 Å². The Morgan fingerprint density at radius 2 is 1.21 bits per heavy atom. The van der Waals surface area contributed by atoms with Crippen molar-refractivity contribution in [3.63, 3.8) is 0 Å². The van der Waals surface area contributed by atoms with Crippen LogP contribution in [-0.4, -0.2) is 77.0 Å². The summed E-state index contributed by atoms with van der Waals surface area (Å²) in [4.78, 5) is -3.62. The van der Waals surface area contributed by atoms with Gasteiger partial charge in [0, 0.05) is 33.7 Å². The highest BCUT2D eigenvalue weighted by atomic mass is 32.3. The molecule has 0 bridgehead atoms. The first-order valence-electron chi connectivity index (χ1n) is 15.4. The molecule has 4 aromatic carbocycles. The van der Waals surface area contributed by atoms with E-state index in [-0.39, 0.29) is 63.2 Å². The van der Waals surface area contributed by atoms with Crippen LogP contribution in [0.25, 0.3) is 10.8 Å². The van der Waals surface area contributed by atoms with Crippen molar-refractivity contribution in [3.8, 4) is 5.75 Å². The van der Waals surface area contributed by atoms with Gasteiger partial charge in [0.05, 0.1) is 22.7 Å². The quantitative estimate of drug-likeness (QED) is 0.0474. The number of rotatable bonds is 10. The van der Waals surface area contributed by atoms with Crippen LogP contribution in [-0.2, 0) is 40.5 Å². The number of hydrogen-bond donors (Lipinski definition) is 10. The molecule has 13 N–H and O–H groups in total. The van der Waals surface area contributed by atoms with E-state index < -0.39 is 76.9 Å². The van der Waals surface area contributed by atoms with Gasteiger partial charge in [-0.25, -0.2) is 0 Å². The Morgan fingerprint density at radius 1 is 0.679 bits per heavy atom. The molecule has 0 saturated heterocycles. The van der Waals surface area contributed by atoms with Gasteiger partial charge < -0.3 is 27.4 Å². The number of hydrogen-bond acceptors (Lipinski definition) is 16. The molecule has 56 heavy (non-hydrogen) atoms. The summed E-state index contributed by atoms with van der Waals surface area (Å²) in [5, 5.41) is 23.5. The van der Waals surface area contributed by atoms with Gasteiger partial charge in [0.2, 0.25) is 0 Å². The van der Waals surface area contributed by atoms with Crippen molar-refractivity contribution in [2.45, 2.75) is 9.74 Å². The van der Waals surface area contributed by atoms with Crippen LogP contribution in [0, 0.1) is 0 Å². The number of aliphatic hydroxyl groups excluding tert-OH is 1. The number of nitrogens with one attached hydrogen (secondary N) is 1. The number of aliphatic hydroxyl groups is 1. The molecule has 0 radical (unpaired) electrons. The largest absolute Gasteiger partial charge is 0.508 e. The summed E-state index contributed by atoms with van der Waals surface area (Å²) < 4.78 is 143. The maximum absolute atomic E-state index is 13.6. The van der Waals surface area contributed by atoms with E-state index in [0.29, 0.717) is 5.12 Å². The lowest BCUT2D eigenvalue weighted by Gasteiger charge is -2.51. The minimum absolute atomic E-state index is 0.00579. The minimum atomic E-state index is -6.17. The van der Waals surface area contributed by atoms with Gasteiger partial charge in [-0.1, -0.05) is 53.6 Å². The Hall–Kier alpha value is -5.54. The normalized spacial score (nSPS) is 18.9. The lowest BCUT2D eigenvalue weighted by atomic mass is 9.83. The average molecular weight is 851 g/mol. The molecule has 1 atom stereocenters. The number of phenols is 1. The van der Waals surface area contributed by atoms with Gasteiger partial charge in [-0.15, -0.1) is 0 Å². The Kier molecular flexibility index (Phi) is 9.53. The molecular formula is C32H30N6O14S4. The van der Waals surface area contributed by atoms with Crippen molar-refractivity contribution in [2.75, 3.05) is 21.9 Å². The highest BCUT2D eigenvalue weighted by Crippen LogP contribution is 2.51. The van der Waals surface area contributed by atoms with E-state index in [2.05, 4.69) is 5.43 Å². The molecule has 0 fully saturated rings. The van der Waals surface area contributed by atoms with E-state index in [1.165, 1.54) is 66.7 Å². The molecule has 0 aliphatic heterocycles. The van der Waals surface area contributed by atoms with E-state index in [1.54, 1.807) is 12.1 Å². The molecule has 20 nitrogen and oxygen atoms in total. The van der Waals surface area contributed by atoms with Crippen molar-refractivity contribution < 1.29 is 62.1 Å². The first kappa shape index (κ1) is 40.1. The molecule has 296 valence electrons. The number of hydrazine groups is 2. The monoisotopic (exact) mass is 850 g/mol. The Balaban J connectivity index is 1.87. The van der Waals surface area contributed by atoms with E-state index >= 15 is 0 Å². The first-order chi connectivity index (χ1) is 25.8. The number of aromatic hydroxyl groups is 1. The van der Waals surface area contributed by atoms with Crippen LogP contribution in [0.5, 0.6) is 5.75 Å². The number of anilines is 5. The Morgan fingerprint density at radius 3 is 1.70 bits per heavy atom. The summed E-state index contributed by atoms with van der Waals surface area (Å²) in [6.45, 7) is 0. The van der Waals surface area contributed by atoms with E-state index in [0.717, 1.165) is 11.1 Å². The SMILES string of the molecule is Nc1c(NN(N(c2ccccc2)c2ccccc2)C2(N)C3=CC(S(=O)(=O)O)(S(=O)(=O)O)C=C(O)C3=CC(S(=O)(=O)O)=C2S(=O)(=O)O)cc(N)c2c(O)cccc12. The number of phenolic OH excluding ortho intramolecular Hbond substituents is 1. The van der Waals surface area contributed by atoms with Crippen LogP contribution in [0.15, 0.2) is 130 Å². The molecule has 0 spiro atoms. The maximum Gasteiger partial charge on any atom is 0.295 e. The molecule has 2 aliphatic rings. The second kappa shape index (κ2) is 13.3. The van der Waals surface area contributed by atoms with Crippen LogP contribution < -0.4 is 27.6 Å². The van der Waals surface area contributed by atoms with Gasteiger partial charge in [-0.05, 0) is 48.6 Å². The fourth-order valence-corrected chi connectivity index (χ4v) is 10.7. The van der Waals surface area contributed by atoms with Crippen LogP contribution in [0.4, 0.5) is 28.4 Å². The number of para-hydroxylation sites is 2. The number of fused-ring (bicyclic) bond motifs is 2. The molecule has 6 rings (SSSR count). The number of nitrogens with two attached hydrogens (primary N) is 3. The molecule has 4 aromatic rings. The van der Waals surface area contributed by atoms with E-state index in [4.69, 9.17) is 17.2 Å². The standard InChI is InChI=1S/C32H30N6O14S4/c33-23-15-24(29(34)20-12-7-13-25(39)28(20)23)36-38(37(18-8-3-1-4-9-18)19-10-5-2-6-11-19)32(35)22-16-31(55(47,48)49,56(50,51)52)17-26(40)21(22)14-27(53(41,42)43)30(32)54(44,45)46/h1-17,36,39-40H,33-35H2,(H,41,42,43)(H,44,45,46)(H,47,48,49)(H,50,51,52). The summed E-state index contributed by atoms with van der Waals surface area (Å²) in [6.07, 6.45) is 0.0951. The van der Waals surface area contributed by atoms with Gasteiger partial charge in [0.1, 0.15) is 21.3 Å². The average Bonchev–Trinajstić information content (AvgIpc) is 3.09. The molecular weight excluding hydrogens is 821 g/mol. The van der Waals surface area contributed by atoms with Crippen molar-refractivity contribution >= 4 is 79.7 Å². The highest BCUT2D eigenvalue weighted by molar-refractivity contribution is 8.05. The van der Waals surface area contributed by atoms with Crippen molar-refractivity contribution in [1.29, 1.82) is 0 Å². The van der Waals surface area contributed by atoms with Crippen molar-refractivity contribution in [2.24, 2.45) is 5.73 Å². The zero-order chi connectivity index (χ0) is 41.4. The first-order valence-corrected chi connectivity index (χ1v) is 21.2. The van der Waals surface area contributed by atoms with Crippen LogP contribution in [0.1, 0.15) is 0 Å². The molecule has 0 saturated carbocycles. The Labute approximate surface area is 318 Å². The van der Waals surface area contributed by atoms with E-state index in [9.17, 15) is 62.1 Å². The third-order valence-electron chi connectivity index (χ3n) is 8.82. The lowest BCUT2D eigenvalue weighted by Crippen LogP contribution is -2.68. The van der Waals surface area contributed by atoms with Crippen molar-refractivity contribution in [1.82, 2.24) is 5.12 Å². The van der Waals surface area contributed by atoms with Gasteiger partial charge in [-0.3, -0.25) is 28.6 Å². The fraction of sp³-hybridized carbons (Fsp3) is 0.0625. The number of nitrogen functional groups attached to an aromatic ring is 2. The van der Waals surface area contributed by atoms with Gasteiger partial charge in [-0.2, -0.15) is 33.7 Å². The molecule has 1 unspecified atom stereocenters. The van der Waals surface area contributed by atoms with Gasteiger partial charge in [0.25, 0.3) is 44.6 Å². The van der Waals surface area contributed by atoms with Crippen LogP contribution in [0.2, 0.25) is 0 Å². The Bertz CT molecular complexity index is 2830. The summed E-state index contributed by atoms with van der Waals surface area (Å²) in [5.41, 5.74) is 16.0. The summed E-state index contributed by atoms with van der Waals surface area (Å²) in [6, 6.07) is 19.8. The number of nitrogens with zero attached hydrogens (tertiary/aromatic N) is 2. The van der Waals surface area contributed by atoms with Crippen LogP contribution >= 0.6 is 0 Å². The molecule has 0 aromatic heterocycles.